The summed E-state index contributed by atoms with van der Waals surface area (Å²) in [5.41, 5.74) is 0.722. The number of halogens is 2. The number of benzene rings is 2. The highest BCUT2D eigenvalue weighted by Gasteiger charge is 2.36. The Hall–Kier alpha value is -2.39. The van der Waals surface area contributed by atoms with Crippen LogP contribution >= 0.6 is 34.2 Å². The summed E-state index contributed by atoms with van der Waals surface area (Å²) in [6.07, 6.45) is 1.42. The van der Waals surface area contributed by atoms with E-state index in [9.17, 15) is 14.4 Å². The lowest BCUT2D eigenvalue weighted by Crippen LogP contribution is -2.54. The maximum atomic E-state index is 12.8. The minimum atomic E-state index is -0.820. The first-order valence-electron chi connectivity index (χ1n) is 7.40. The molecule has 4 amide bonds. The third-order valence-corrected chi connectivity index (χ3v) is 4.47. The van der Waals surface area contributed by atoms with Crippen molar-refractivity contribution in [2.45, 2.75) is 0 Å². The third kappa shape index (κ3) is 3.73. The number of hydrogen-bond acceptors (Lipinski definition) is 4. The Morgan fingerprint density at radius 3 is 2.62 bits per heavy atom. The minimum Gasteiger partial charge on any atom is -0.497 e. The van der Waals surface area contributed by atoms with Gasteiger partial charge in [0.25, 0.3) is 11.8 Å². The summed E-state index contributed by atoms with van der Waals surface area (Å²) in [6, 6.07) is 10.7. The number of imide groups is 2. The Morgan fingerprint density at radius 2 is 1.92 bits per heavy atom. The van der Waals surface area contributed by atoms with Crippen LogP contribution in [-0.4, -0.2) is 25.0 Å². The molecular formula is C18H12ClIN2O4. The highest BCUT2D eigenvalue weighted by molar-refractivity contribution is 14.1. The molecule has 0 atom stereocenters. The summed E-state index contributed by atoms with van der Waals surface area (Å²) in [7, 11) is 1.53. The van der Waals surface area contributed by atoms with E-state index in [0.717, 1.165) is 8.47 Å². The standard InChI is InChI=1S/C18H12ClIN2O4/c1-26-14-6-10(5-12(20)9-14)7-15-16(23)21-18(25)22(17(15)24)13-4-2-3-11(19)8-13/h2-9H,1H3,(H,21,23,25)/b15-7+. The van der Waals surface area contributed by atoms with Crippen molar-refractivity contribution in [3.8, 4) is 5.75 Å². The fourth-order valence-electron chi connectivity index (χ4n) is 2.46. The van der Waals surface area contributed by atoms with Crippen molar-refractivity contribution in [3.63, 3.8) is 0 Å². The molecule has 132 valence electrons. The summed E-state index contributed by atoms with van der Waals surface area (Å²) in [5.74, 6) is -0.884. The second-order valence-corrected chi connectivity index (χ2v) is 7.04. The van der Waals surface area contributed by atoms with Crippen molar-refractivity contribution >= 4 is 63.8 Å². The van der Waals surface area contributed by atoms with Crippen LogP contribution < -0.4 is 15.0 Å². The summed E-state index contributed by atoms with van der Waals surface area (Å²) in [5, 5.41) is 2.54. The number of nitrogens with one attached hydrogen (secondary N) is 1. The average Bonchev–Trinajstić information content (AvgIpc) is 2.58. The van der Waals surface area contributed by atoms with Crippen LogP contribution in [0.1, 0.15) is 5.56 Å². The number of urea groups is 1. The quantitative estimate of drug-likeness (QED) is 0.412. The molecule has 0 bridgehead atoms. The van der Waals surface area contributed by atoms with Gasteiger partial charge in [0, 0.05) is 8.59 Å². The Morgan fingerprint density at radius 1 is 1.15 bits per heavy atom. The van der Waals surface area contributed by atoms with Crippen molar-refractivity contribution in [1.82, 2.24) is 5.32 Å². The molecule has 0 aromatic heterocycles. The van der Waals surface area contributed by atoms with E-state index >= 15 is 0 Å². The van der Waals surface area contributed by atoms with E-state index in [1.807, 2.05) is 6.07 Å². The summed E-state index contributed by atoms with van der Waals surface area (Å²) >= 11 is 8.04. The maximum absolute atomic E-state index is 12.8. The summed E-state index contributed by atoms with van der Waals surface area (Å²) < 4.78 is 6.08. The van der Waals surface area contributed by atoms with Crippen LogP contribution in [-0.2, 0) is 9.59 Å². The smallest absolute Gasteiger partial charge is 0.335 e. The predicted molar refractivity (Wildman–Crippen MR) is 106 cm³/mol. The van der Waals surface area contributed by atoms with E-state index < -0.39 is 17.8 Å². The molecule has 0 unspecified atom stereocenters. The van der Waals surface area contributed by atoms with Crippen LogP contribution in [0.15, 0.2) is 48.0 Å². The predicted octanol–water partition coefficient (Wildman–Crippen LogP) is 3.62. The number of ether oxygens (including phenoxy) is 1. The number of barbiturate groups is 1. The first kappa shape index (κ1) is 18.4. The van der Waals surface area contributed by atoms with Crippen molar-refractivity contribution < 1.29 is 19.1 Å². The van der Waals surface area contributed by atoms with Crippen LogP contribution in [0, 0.1) is 3.57 Å². The topological polar surface area (TPSA) is 75.7 Å². The lowest BCUT2D eigenvalue weighted by Gasteiger charge is -2.26. The summed E-state index contributed by atoms with van der Waals surface area (Å²) in [4.78, 5) is 38.0. The van der Waals surface area contributed by atoms with Gasteiger partial charge < -0.3 is 4.74 Å². The van der Waals surface area contributed by atoms with Gasteiger partial charge in [-0.1, -0.05) is 17.7 Å². The van der Waals surface area contributed by atoms with E-state index in [2.05, 4.69) is 27.9 Å². The van der Waals surface area contributed by atoms with E-state index in [0.29, 0.717) is 16.3 Å². The molecule has 1 aliphatic heterocycles. The van der Waals surface area contributed by atoms with Crippen molar-refractivity contribution in [3.05, 3.63) is 62.2 Å². The molecule has 1 aliphatic rings. The van der Waals surface area contributed by atoms with Crippen molar-refractivity contribution in [2.24, 2.45) is 0 Å². The summed E-state index contributed by atoms with van der Waals surface area (Å²) in [6.45, 7) is 0. The van der Waals surface area contributed by atoms with E-state index in [4.69, 9.17) is 16.3 Å². The monoisotopic (exact) mass is 482 g/mol. The van der Waals surface area contributed by atoms with Crippen LogP contribution in [0.5, 0.6) is 5.75 Å². The largest absolute Gasteiger partial charge is 0.497 e. The Labute approximate surface area is 167 Å². The van der Waals surface area contributed by atoms with Gasteiger partial charge in [-0.05, 0) is 70.6 Å². The molecule has 3 rings (SSSR count). The highest BCUT2D eigenvalue weighted by Crippen LogP contribution is 2.26. The fraction of sp³-hybridized carbons (Fsp3) is 0.0556. The van der Waals surface area contributed by atoms with Gasteiger partial charge >= 0.3 is 6.03 Å². The lowest BCUT2D eigenvalue weighted by molar-refractivity contribution is -0.122. The van der Waals surface area contributed by atoms with E-state index in [1.54, 1.807) is 30.3 Å². The zero-order valence-electron chi connectivity index (χ0n) is 13.5. The van der Waals surface area contributed by atoms with Crippen LogP contribution in [0.4, 0.5) is 10.5 Å². The van der Waals surface area contributed by atoms with Crippen molar-refractivity contribution in [1.29, 1.82) is 0 Å². The van der Waals surface area contributed by atoms with Gasteiger partial charge in [-0.25, -0.2) is 9.69 Å². The zero-order chi connectivity index (χ0) is 18.8. The average molecular weight is 483 g/mol. The minimum absolute atomic E-state index is 0.159. The number of methoxy groups -OCH3 is 1. The van der Waals surface area contributed by atoms with Crippen LogP contribution in [0.3, 0.4) is 0 Å². The molecule has 26 heavy (non-hydrogen) atoms. The van der Waals surface area contributed by atoms with Gasteiger partial charge in [-0.3, -0.25) is 14.9 Å². The molecular weight excluding hydrogens is 471 g/mol. The number of rotatable bonds is 3. The third-order valence-electron chi connectivity index (χ3n) is 3.61. The second kappa shape index (κ2) is 7.46. The highest BCUT2D eigenvalue weighted by atomic mass is 127. The number of carbonyl (C=O) groups excluding carboxylic acids is 3. The Kier molecular flexibility index (Phi) is 5.28. The first-order valence-corrected chi connectivity index (χ1v) is 8.86. The van der Waals surface area contributed by atoms with Crippen LogP contribution in [0.25, 0.3) is 6.08 Å². The maximum Gasteiger partial charge on any atom is 0.335 e. The molecule has 1 heterocycles. The Balaban J connectivity index is 2.04. The normalized spacial score (nSPS) is 16.0. The van der Waals surface area contributed by atoms with Gasteiger partial charge in [-0.15, -0.1) is 0 Å². The van der Waals surface area contributed by atoms with Gasteiger partial charge in [0.05, 0.1) is 12.8 Å². The second-order valence-electron chi connectivity index (χ2n) is 5.36. The molecule has 1 fully saturated rings. The first-order chi connectivity index (χ1) is 12.4. The number of carbonyl (C=O) groups is 3. The molecule has 8 heteroatoms. The lowest BCUT2D eigenvalue weighted by atomic mass is 10.1. The Bertz CT molecular complexity index is 958. The van der Waals surface area contributed by atoms with E-state index in [-0.39, 0.29) is 11.3 Å². The molecule has 0 aliphatic carbocycles. The molecule has 0 spiro atoms. The molecule has 2 aromatic rings. The molecule has 0 radical (unpaired) electrons. The SMILES string of the molecule is COc1cc(I)cc(/C=C2\C(=O)NC(=O)N(c3cccc(Cl)c3)C2=O)c1. The van der Waals surface area contributed by atoms with Gasteiger partial charge in [0.1, 0.15) is 11.3 Å². The molecule has 6 nitrogen and oxygen atoms in total. The molecule has 1 saturated heterocycles. The van der Waals surface area contributed by atoms with Gasteiger partial charge in [0.2, 0.25) is 0 Å². The van der Waals surface area contributed by atoms with Gasteiger partial charge in [0.15, 0.2) is 0 Å². The number of nitrogens with zero attached hydrogens (tertiary/aromatic N) is 1. The van der Waals surface area contributed by atoms with E-state index in [1.165, 1.54) is 19.3 Å². The molecule has 2 aromatic carbocycles. The molecule has 0 saturated carbocycles. The number of amides is 4. The molecule has 1 N–H and O–H groups in total. The number of anilines is 1. The van der Waals surface area contributed by atoms with Crippen molar-refractivity contribution in [2.75, 3.05) is 12.0 Å². The van der Waals surface area contributed by atoms with Gasteiger partial charge in [-0.2, -0.15) is 0 Å². The van der Waals surface area contributed by atoms with Crippen LogP contribution in [0.2, 0.25) is 5.02 Å². The fourth-order valence-corrected chi connectivity index (χ4v) is 3.31. The number of hydrogen-bond donors (Lipinski definition) is 1. The zero-order valence-corrected chi connectivity index (χ0v) is 16.4.